The van der Waals surface area contributed by atoms with E-state index in [0.717, 1.165) is 44.1 Å². The second-order valence-corrected chi connectivity index (χ2v) is 10.7. The molecular weight excluding hydrogens is 404 g/mol. The highest BCUT2D eigenvalue weighted by molar-refractivity contribution is 7.88. The maximum atomic E-state index is 13.1. The minimum atomic E-state index is -3.38. The summed E-state index contributed by atoms with van der Waals surface area (Å²) < 4.78 is 38.8. The van der Waals surface area contributed by atoms with Gasteiger partial charge >= 0.3 is 0 Å². The lowest BCUT2D eigenvalue weighted by Crippen LogP contribution is -2.59. The van der Waals surface area contributed by atoms with Gasteiger partial charge in [0.1, 0.15) is 5.75 Å². The van der Waals surface area contributed by atoms with Crippen molar-refractivity contribution < 1.29 is 22.7 Å². The van der Waals surface area contributed by atoms with Crippen LogP contribution in [0, 0.1) is 6.92 Å². The fourth-order valence-corrected chi connectivity index (χ4v) is 6.09. The number of rotatable bonds is 2. The van der Waals surface area contributed by atoms with Gasteiger partial charge in [0.15, 0.2) is 6.61 Å². The Morgan fingerprint density at radius 2 is 1.90 bits per heavy atom. The molecule has 1 unspecified atom stereocenters. The summed E-state index contributed by atoms with van der Waals surface area (Å²) in [5, 5.41) is 0. The molecular formula is C22H32N2O5S. The second kappa shape index (κ2) is 8.85. The molecule has 166 valence electrons. The molecule has 7 nitrogen and oxygen atoms in total. The number of ether oxygens (including phenoxy) is 2. The molecule has 2 fully saturated rings. The molecule has 1 saturated carbocycles. The Bertz CT molecular complexity index is 880. The lowest BCUT2D eigenvalue weighted by Gasteiger charge is -2.41. The van der Waals surface area contributed by atoms with E-state index < -0.39 is 10.0 Å². The SMILES string of the molecule is Cc1cccc2c1C1CCC(CC1)OC[C@H]1C(NS(C)(=O)=O)CCCN1C(=O)CO2. The van der Waals surface area contributed by atoms with E-state index in [0.29, 0.717) is 25.5 Å². The average Bonchev–Trinajstić information content (AvgIpc) is 2.71. The monoisotopic (exact) mass is 436 g/mol. The normalized spacial score (nSPS) is 30.3. The third kappa shape index (κ3) is 4.81. The van der Waals surface area contributed by atoms with Crippen LogP contribution in [0.5, 0.6) is 5.75 Å². The van der Waals surface area contributed by atoms with Crippen LogP contribution in [-0.2, 0) is 19.6 Å². The van der Waals surface area contributed by atoms with Crippen molar-refractivity contribution >= 4 is 15.9 Å². The summed E-state index contributed by atoms with van der Waals surface area (Å²) in [6.45, 7) is 2.99. The Labute approximate surface area is 179 Å². The molecule has 8 heteroatoms. The number of aryl methyl sites for hydroxylation is 1. The van der Waals surface area contributed by atoms with Gasteiger partial charge < -0.3 is 14.4 Å². The zero-order valence-corrected chi connectivity index (χ0v) is 18.6. The van der Waals surface area contributed by atoms with E-state index in [-0.39, 0.29) is 30.7 Å². The van der Waals surface area contributed by atoms with Crippen molar-refractivity contribution in [1.82, 2.24) is 9.62 Å². The van der Waals surface area contributed by atoms with Gasteiger partial charge in [-0.3, -0.25) is 4.79 Å². The molecule has 1 amide bonds. The predicted molar refractivity (Wildman–Crippen MR) is 114 cm³/mol. The first-order valence-electron chi connectivity index (χ1n) is 10.9. The minimum Gasteiger partial charge on any atom is -0.483 e. The first-order valence-corrected chi connectivity index (χ1v) is 12.8. The van der Waals surface area contributed by atoms with Gasteiger partial charge in [-0.1, -0.05) is 12.1 Å². The van der Waals surface area contributed by atoms with Crippen LogP contribution in [0.1, 0.15) is 55.6 Å². The van der Waals surface area contributed by atoms with Crippen LogP contribution >= 0.6 is 0 Å². The number of amides is 1. The fraction of sp³-hybridized carbons (Fsp3) is 0.682. The second-order valence-electron chi connectivity index (χ2n) is 8.88. The van der Waals surface area contributed by atoms with E-state index in [1.54, 1.807) is 4.90 Å². The Morgan fingerprint density at radius 3 is 2.63 bits per heavy atom. The number of nitrogens with one attached hydrogen (secondary N) is 1. The largest absolute Gasteiger partial charge is 0.483 e. The van der Waals surface area contributed by atoms with Gasteiger partial charge in [-0.05, 0) is 63.0 Å². The molecule has 2 bridgehead atoms. The molecule has 1 aromatic rings. The van der Waals surface area contributed by atoms with Crippen LogP contribution < -0.4 is 9.46 Å². The van der Waals surface area contributed by atoms with Crippen LogP contribution in [-0.4, -0.2) is 63.4 Å². The van der Waals surface area contributed by atoms with Crippen LogP contribution in [0.3, 0.4) is 0 Å². The smallest absolute Gasteiger partial charge is 0.260 e. The molecule has 1 saturated heterocycles. The molecule has 1 N–H and O–H groups in total. The zero-order chi connectivity index (χ0) is 21.3. The molecule has 5 rings (SSSR count). The number of fused-ring (bicyclic) bond motifs is 5. The van der Waals surface area contributed by atoms with Gasteiger partial charge in [0.25, 0.3) is 5.91 Å². The van der Waals surface area contributed by atoms with E-state index in [1.807, 2.05) is 12.1 Å². The third-order valence-electron chi connectivity index (χ3n) is 6.69. The van der Waals surface area contributed by atoms with E-state index in [2.05, 4.69) is 17.7 Å². The first kappa shape index (κ1) is 21.6. The summed E-state index contributed by atoms with van der Waals surface area (Å²) >= 11 is 0. The van der Waals surface area contributed by atoms with Crippen LogP contribution in [0.4, 0.5) is 0 Å². The molecule has 30 heavy (non-hydrogen) atoms. The first-order chi connectivity index (χ1) is 14.3. The van der Waals surface area contributed by atoms with Crippen molar-refractivity contribution in [2.75, 3.05) is 26.0 Å². The van der Waals surface area contributed by atoms with E-state index in [9.17, 15) is 13.2 Å². The number of sulfonamides is 1. The molecule has 3 heterocycles. The quantitative estimate of drug-likeness (QED) is 0.769. The van der Waals surface area contributed by atoms with Crippen molar-refractivity contribution in [2.45, 2.75) is 69.6 Å². The van der Waals surface area contributed by atoms with E-state index in [1.165, 1.54) is 11.1 Å². The van der Waals surface area contributed by atoms with Crippen molar-refractivity contribution in [1.29, 1.82) is 0 Å². The van der Waals surface area contributed by atoms with E-state index in [4.69, 9.17) is 9.47 Å². The Hall–Kier alpha value is -1.64. The van der Waals surface area contributed by atoms with Crippen LogP contribution in [0.2, 0.25) is 0 Å². The van der Waals surface area contributed by atoms with Gasteiger partial charge in [0, 0.05) is 18.2 Å². The van der Waals surface area contributed by atoms with Gasteiger partial charge in [-0.15, -0.1) is 0 Å². The third-order valence-corrected chi connectivity index (χ3v) is 7.42. The standard InChI is InChI=1S/C22H32N2O5S/c1-15-5-3-7-20-22(15)16-8-10-17(11-9-16)28-13-19-18(23-30(2,26)27)6-4-12-24(19)21(25)14-29-20/h3,5,7,16-19,23H,4,6,8-14H2,1-2H3/t16?,17?,18?,19-/m0/s1. The average molecular weight is 437 g/mol. The predicted octanol–water partition coefficient (Wildman–Crippen LogP) is 2.34. The number of hydrogen-bond donors (Lipinski definition) is 1. The Balaban J connectivity index is 1.63. The zero-order valence-electron chi connectivity index (χ0n) is 17.8. The van der Waals surface area contributed by atoms with Gasteiger partial charge in [-0.2, -0.15) is 0 Å². The highest BCUT2D eigenvalue weighted by atomic mass is 32.2. The van der Waals surface area contributed by atoms with Crippen molar-refractivity contribution in [2.24, 2.45) is 0 Å². The highest BCUT2D eigenvalue weighted by Crippen LogP contribution is 2.40. The number of hydrogen-bond acceptors (Lipinski definition) is 5. The maximum Gasteiger partial charge on any atom is 0.260 e. The minimum absolute atomic E-state index is 0.0469. The summed E-state index contributed by atoms with van der Waals surface area (Å²) in [5.74, 6) is 1.09. The Kier molecular flexibility index (Phi) is 6.36. The summed E-state index contributed by atoms with van der Waals surface area (Å²) in [7, 11) is -3.38. The molecule has 0 spiro atoms. The summed E-state index contributed by atoms with van der Waals surface area (Å²) in [4.78, 5) is 14.9. The molecule has 1 aromatic carbocycles. The number of nitrogens with zero attached hydrogens (tertiary/aromatic N) is 1. The summed E-state index contributed by atoms with van der Waals surface area (Å²) in [5.41, 5.74) is 2.42. The van der Waals surface area contributed by atoms with Crippen molar-refractivity contribution in [3.05, 3.63) is 29.3 Å². The Morgan fingerprint density at radius 1 is 1.13 bits per heavy atom. The van der Waals surface area contributed by atoms with E-state index >= 15 is 0 Å². The fourth-order valence-electron chi connectivity index (χ4n) is 5.26. The number of piperidine rings is 1. The maximum absolute atomic E-state index is 13.1. The summed E-state index contributed by atoms with van der Waals surface area (Å²) in [6, 6.07) is 5.38. The van der Waals surface area contributed by atoms with Crippen molar-refractivity contribution in [3.8, 4) is 5.75 Å². The van der Waals surface area contributed by atoms with Gasteiger partial charge in [0.05, 0.1) is 25.0 Å². The molecule has 3 aliphatic heterocycles. The van der Waals surface area contributed by atoms with Gasteiger partial charge in [0.2, 0.25) is 10.0 Å². The van der Waals surface area contributed by atoms with Gasteiger partial charge in [-0.25, -0.2) is 13.1 Å². The van der Waals surface area contributed by atoms with Crippen molar-refractivity contribution in [3.63, 3.8) is 0 Å². The molecule has 4 aliphatic rings. The lowest BCUT2D eigenvalue weighted by molar-refractivity contribution is -0.140. The lowest BCUT2D eigenvalue weighted by atomic mass is 9.80. The molecule has 2 atom stereocenters. The molecule has 1 aliphatic carbocycles. The highest BCUT2D eigenvalue weighted by Gasteiger charge is 2.37. The number of carbonyl (C=O) groups excluding carboxylic acids is 1. The van der Waals surface area contributed by atoms with Crippen LogP contribution in [0.15, 0.2) is 18.2 Å². The molecule has 0 aromatic heterocycles. The number of carbonyl (C=O) groups is 1. The topological polar surface area (TPSA) is 84.9 Å². The summed E-state index contributed by atoms with van der Waals surface area (Å²) in [6.07, 6.45) is 6.73. The molecule has 0 radical (unpaired) electrons. The number of benzene rings is 1. The van der Waals surface area contributed by atoms with Crippen LogP contribution in [0.25, 0.3) is 0 Å².